The molecule has 0 saturated carbocycles. The van der Waals surface area contributed by atoms with Crippen LogP contribution in [0, 0.1) is 0 Å². The van der Waals surface area contributed by atoms with Crippen LogP contribution in [0.2, 0.25) is 13.3 Å². The Morgan fingerprint density at radius 1 is 0.900 bits per heavy atom. The van der Waals surface area contributed by atoms with E-state index in [-0.39, 0.29) is 0 Å². The molecule has 0 aliphatic rings. The zero-order valence-corrected chi connectivity index (χ0v) is 17.0. The molecule has 1 rings (SSSR count). The number of rotatable bonds is 11. The van der Waals surface area contributed by atoms with Crippen LogP contribution in [0.15, 0.2) is 12.4 Å². The molecular weight excluding hydrogens is 351 g/mol. The molecule has 3 heteroatoms. The van der Waals surface area contributed by atoms with Crippen molar-refractivity contribution in [3.8, 4) is 0 Å². The molecule has 0 radical (unpaired) electrons. The van der Waals surface area contributed by atoms with Crippen LogP contribution in [-0.2, 0) is 6.54 Å². The number of aromatic nitrogens is 2. The standard InChI is InChI=1S/C5H7N2.3C4H9.Sn/c1-2-7-5-3-4-6-7;3*1-3-4-2;/h4-5H,2H2,1H3;3*1,3-4H2,2H3;. The molecule has 20 heavy (non-hydrogen) atoms. The summed E-state index contributed by atoms with van der Waals surface area (Å²) >= 11 is -2.18. The Hall–Kier alpha value is 0.00870. The van der Waals surface area contributed by atoms with Crippen molar-refractivity contribution >= 4 is 22.0 Å². The summed E-state index contributed by atoms with van der Waals surface area (Å²) < 4.78 is 8.48. The second-order valence-electron chi connectivity index (χ2n) is 6.18. The van der Waals surface area contributed by atoms with Gasteiger partial charge in [-0.15, -0.1) is 0 Å². The van der Waals surface area contributed by atoms with E-state index in [9.17, 15) is 0 Å². The van der Waals surface area contributed by atoms with Gasteiger partial charge in [0, 0.05) is 0 Å². The fourth-order valence-corrected chi connectivity index (χ4v) is 18.8. The van der Waals surface area contributed by atoms with E-state index in [1.54, 1.807) is 16.9 Å². The molecule has 0 aliphatic carbocycles. The van der Waals surface area contributed by atoms with Gasteiger partial charge in [-0.1, -0.05) is 0 Å². The van der Waals surface area contributed by atoms with Gasteiger partial charge in [-0.2, -0.15) is 0 Å². The topological polar surface area (TPSA) is 17.8 Å². The minimum absolute atomic E-state index is 1.01. The van der Waals surface area contributed by atoms with E-state index >= 15 is 0 Å². The molecule has 0 saturated heterocycles. The molecule has 0 aromatic carbocycles. The van der Waals surface area contributed by atoms with Gasteiger partial charge in [0.05, 0.1) is 0 Å². The van der Waals surface area contributed by atoms with Crippen LogP contribution in [0.5, 0.6) is 0 Å². The summed E-state index contributed by atoms with van der Waals surface area (Å²) in [5, 5.41) is 4.59. The number of hydrogen-bond donors (Lipinski definition) is 0. The monoisotopic (exact) mass is 386 g/mol. The average Bonchev–Trinajstić information content (AvgIpc) is 2.96. The minimum atomic E-state index is -2.18. The first kappa shape index (κ1) is 18.1. The first-order valence-corrected chi connectivity index (χ1v) is 16.2. The van der Waals surface area contributed by atoms with Crippen LogP contribution in [0.1, 0.15) is 66.2 Å². The van der Waals surface area contributed by atoms with Gasteiger partial charge in [-0.25, -0.2) is 0 Å². The van der Waals surface area contributed by atoms with Crippen molar-refractivity contribution in [1.82, 2.24) is 9.78 Å². The summed E-state index contributed by atoms with van der Waals surface area (Å²) in [6, 6.07) is 0. The average molecular weight is 385 g/mol. The van der Waals surface area contributed by atoms with Crippen LogP contribution >= 0.6 is 0 Å². The van der Waals surface area contributed by atoms with E-state index in [2.05, 4.69) is 49.9 Å². The van der Waals surface area contributed by atoms with E-state index in [0.717, 1.165) is 6.54 Å². The summed E-state index contributed by atoms with van der Waals surface area (Å²) in [5.74, 6) is 0. The molecule has 0 bridgehead atoms. The number of unbranched alkanes of at least 4 members (excludes halogenated alkanes) is 3. The van der Waals surface area contributed by atoms with Crippen molar-refractivity contribution in [2.24, 2.45) is 0 Å². The number of hydrogen-bond acceptors (Lipinski definition) is 1. The van der Waals surface area contributed by atoms with Crippen LogP contribution in [-0.4, -0.2) is 28.2 Å². The summed E-state index contributed by atoms with van der Waals surface area (Å²) in [6.45, 7) is 10.2. The molecule has 0 amide bonds. The Kier molecular flexibility index (Phi) is 8.90. The number of aryl methyl sites for hydroxylation is 1. The second kappa shape index (κ2) is 9.86. The normalized spacial score (nSPS) is 12.0. The number of nitrogens with zero attached hydrogens (tertiary/aromatic N) is 2. The van der Waals surface area contributed by atoms with E-state index in [1.165, 1.54) is 38.5 Å². The van der Waals surface area contributed by atoms with Gasteiger partial charge in [0.25, 0.3) is 0 Å². The zero-order chi connectivity index (χ0) is 14.8. The molecule has 116 valence electrons. The van der Waals surface area contributed by atoms with Gasteiger partial charge in [0.15, 0.2) is 0 Å². The van der Waals surface area contributed by atoms with Gasteiger partial charge in [0.1, 0.15) is 0 Å². The molecule has 1 heterocycles. The molecule has 0 atom stereocenters. The summed E-state index contributed by atoms with van der Waals surface area (Å²) in [5.41, 5.74) is 0. The Morgan fingerprint density at radius 2 is 1.40 bits per heavy atom. The molecule has 2 nitrogen and oxygen atoms in total. The van der Waals surface area contributed by atoms with Crippen molar-refractivity contribution in [3.63, 3.8) is 0 Å². The van der Waals surface area contributed by atoms with Crippen molar-refractivity contribution < 1.29 is 0 Å². The fraction of sp³-hybridized carbons (Fsp3) is 0.824. The van der Waals surface area contributed by atoms with E-state index < -0.39 is 18.4 Å². The van der Waals surface area contributed by atoms with Crippen LogP contribution < -0.4 is 3.58 Å². The summed E-state index contributed by atoms with van der Waals surface area (Å²) in [6.07, 6.45) is 13.0. The van der Waals surface area contributed by atoms with Gasteiger partial charge in [0.2, 0.25) is 0 Å². The van der Waals surface area contributed by atoms with E-state index in [1.807, 2.05) is 0 Å². The predicted molar refractivity (Wildman–Crippen MR) is 92.4 cm³/mol. The second-order valence-corrected chi connectivity index (χ2v) is 19.4. The van der Waals surface area contributed by atoms with E-state index in [0.29, 0.717) is 0 Å². The van der Waals surface area contributed by atoms with Crippen molar-refractivity contribution in [3.05, 3.63) is 12.4 Å². The molecule has 0 unspecified atom stereocenters. The molecule has 1 aromatic rings. The van der Waals surface area contributed by atoms with Gasteiger partial charge < -0.3 is 0 Å². The Labute approximate surface area is 130 Å². The zero-order valence-electron chi connectivity index (χ0n) is 14.1. The van der Waals surface area contributed by atoms with Crippen LogP contribution in [0.3, 0.4) is 0 Å². The maximum absolute atomic E-state index is 4.59. The van der Waals surface area contributed by atoms with E-state index in [4.69, 9.17) is 0 Å². The molecular formula is C17H34N2Sn. The van der Waals surface area contributed by atoms with Crippen LogP contribution in [0.25, 0.3) is 0 Å². The quantitative estimate of drug-likeness (QED) is 0.493. The third-order valence-electron chi connectivity index (χ3n) is 4.60. The molecule has 0 fully saturated rings. The van der Waals surface area contributed by atoms with Crippen molar-refractivity contribution in [2.45, 2.75) is 86.1 Å². The third kappa shape index (κ3) is 5.08. The Bertz CT molecular complexity index is 338. The van der Waals surface area contributed by atoms with Crippen molar-refractivity contribution in [1.29, 1.82) is 0 Å². The fourth-order valence-electron chi connectivity index (χ4n) is 3.16. The van der Waals surface area contributed by atoms with Gasteiger partial charge in [-0.3, -0.25) is 0 Å². The maximum atomic E-state index is 4.59. The molecule has 1 aromatic heterocycles. The van der Waals surface area contributed by atoms with Crippen molar-refractivity contribution in [2.75, 3.05) is 0 Å². The third-order valence-corrected chi connectivity index (χ3v) is 20.1. The predicted octanol–water partition coefficient (Wildman–Crippen LogP) is 4.96. The van der Waals surface area contributed by atoms with Crippen LogP contribution in [0.4, 0.5) is 0 Å². The Morgan fingerprint density at radius 3 is 1.75 bits per heavy atom. The molecule has 0 N–H and O–H groups in total. The SMILES string of the molecule is CCC[CH2][Sn]([CH2]CCC)([CH2]CCC)[c]1cnn(CC)c1. The van der Waals surface area contributed by atoms with Gasteiger partial charge >= 0.3 is 130 Å². The van der Waals surface area contributed by atoms with Gasteiger partial charge in [-0.05, 0) is 0 Å². The molecule has 0 spiro atoms. The Balaban J connectivity index is 2.97. The first-order valence-electron chi connectivity index (χ1n) is 8.75. The summed E-state index contributed by atoms with van der Waals surface area (Å²) in [4.78, 5) is 0. The molecule has 0 aliphatic heterocycles. The summed E-state index contributed by atoms with van der Waals surface area (Å²) in [7, 11) is 0. The first-order chi connectivity index (χ1) is 9.72.